The standard InChI is InChI=1S/C25H24FN5O5S/c26-17-3-1-16(2-4-17)13-27-21(32)11-15-7-9-31(10-8-15)25(34)24-30-29-23(37-24)22(33)28-18-5-6-19-20(12-18)36-14-35-19/h1-6,12,15H,7-11,13-14H2,(H,27,32)(H,28,33). The molecule has 192 valence electrons. The molecule has 3 amide bonds. The maximum absolute atomic E-state index is 13.0. The van der Waals surface area contributed by atoms with Crippen molar-refractivity contribution in [1.29, 1.82) is 0 Å². The molecule has 2 aliphatic heterocycles. The summed E-state index contributed by atoms with van der Waals surface area (Å²) in [4.78, 5) is 39.5. The van der Waals surface area contributed by atoms with Crippen LogP contribution in [0.25, 0.3) is 0 Å². The number of likely N-dealkylation sites (tertiary alicyclic amines) is 1. The molecule has 0 unspecified atom stereocenters. The Morgan fingerprint density at radius 2 is 1.73 bits per heavy atom. The number of benzene rings is 2. The summed E-state index contributed by atoms with van der Waals surface area (Å²) in [7, 11) is 0. The van der Waals surface area contributed by atoms with Crippen LogP contribution in [0.15, 0.2) is 42.5 Å². The highest BCUT2D eigenvalue weighted by Crippen LogP contribution is 2.34. The van der Waals surface area contributed by atoms with Gasteiger partial charge in [0.2, 0.25) is 22.7 Å². The van der Waals surface area contributed by atoms with Gasteiger partial charge in [0, 0.05) is 37.8 Å². The first-order chi connectivity index (χ1) is 17.9. The number of rotatable bonds is 7. The molecule has 0 atom stereocenters. The maximum Gasteiger partial charge on any atom is 0.286 e. The zero-order chi connectivity index (χ0) is 25.8. The maximum atomic E-state index is 13.0. The fourth-order valence-electron chi connectivity index (χ4n) is 4.17. The Hall–Kier alpha value is -4.06. The number of piperidine rings is 1. The first-order valence-corrected chi connectivity index (χ1v) is 12.6. The van der Waals surface area contributed by atoms with Crippen LogP contribution in [-0.2, 0) is 11.3 Å². The Bertz CT molecular complexity index is 1310. The normalized spacial score (nSPS) is 14.9. The molecular formula is C25H24FN5O5S. The minimum Gasteiger partial charge on any atom is -0.454 e. The van der Waals surface area contributed by atoms with Crippen molar-refractivity contribution in [2.45, 2.75) is 25.8 Å². The van der Waals surface area contributed by atoms with Gasteiger partial charge in [0.05, 0.1) is 0 Å². The van der Waals surface area contributed by atoms with Crippen molar-refractivity contribution in [1.82, 2.24) is 20.4 Å². The van der Waals surface area contributed by atoms with Gasteiger partial charge in [0.15, 0.2) is 11.5 Å². The van der Waals surface area contributed by atoms with Gasteiger partial charge in [-0.2, -0.15) is 0 Å². The number of carbonyl (C=O) groups is 3. The van der Waals surface area contributed by atoms with Crippen molar-refractivity contribution in [3.05, 3.63) is 63.9 Å². The molecular weight excluding hydrogens is 501 g/mol. The molecule has 2 aliphatic rings. The second-order valence-electron chi connectivity index (χ2n) is 8.78. The number of halogens is 1. The molecule has 3 heterocycles. The average Bonchev–Trinajstić information content (AvgIpc) is 3.58. The van der Waals surface area contributed by atoms with E-state index in [4.69, 9.17) is 9.47 Å². The molecule has 12 heteroatoms. The lowest BCUT2D eigenvalue weighted by Crippen LogP contribution is -2.39. The number of aromatic nitrogens is 2. The van der Waals surface area contributed by atoms with Crippen LogP contribution in [0.4, 0.5) is 10.1 Å². The van der Waals surface area contributed by atoms with E-state index in [-0.39, 0.29) is 40.4 Å². The molecule has 5 rings (SSSR count). The van der Waals surface area contributed by atoms with Crippen molar-refractivity contribution in [3.63, 3.8) is 0 Å². The van der Waals surface area contributed by atoms with Crippen LogP contribution >= 0.6 is 11.3 Å². The number of ether oxygens (including phenoxy) is 2. The number of amides is 3. The van der Waals surface area contributed by atoms with Gasteiger partial charge in [0.1, 0.15) is 5.82 Å². The predicted molar refractivity (Wildman–Crippen MR) is 132 cm³/mol. The van der Waals surface area contributed by atoms with Crippen LogP contribution in [0.1, 0.15) is 44.4 Å². The Morgan fingerprint density at radius 3 is 2.51 bits per heavy atom. The lowest BCUT2D eigenvalue weighted by atomic mass is 9.93. The van der Waals surface area contributed by atoms with E-state index in [1.54, 1.807) is 35.2 Å². The monoisotopic (exact) mass is 525 g/mol. The molecule has 0 bridgehead atoms. The van der Waals surface area contributed by atoms with Crippen molar-refractivity contribution >= 4 is 34.7 Å². The van der Waals surface area contributed by atoms with E-state index in [0.717, 1.165) is 16.9 Å². The lowest BCUT2D eigenvalue weighted by Gasteiger charge is -2.31. The number of fused-ring (bicyclic) bond motifs is 1. The number of nitrogens with one attached hydrogen (secondary N) is 2. The Kier molecular flexibility index (Phi) is 7.26. The molecule has 37 heavy (non-hydrogen) atoms. The van der Waals surface area contributed by atoms with Crippen molar-refractivity contribution in [3.8, 4) is 11.5 Å². The first-order valence-electron chi connectivity index (χ1n) is 11.8. The number of carbonyl (C=O) groups excluding carboxylic acids is 3. The number of anilines is 1. The molecule has 1 saturated heterocycles. The van der Waals surface area contributed by atoms with E-state index in [1.807, 2.05) is 0 Å². The largest absolute Gasteiger partial charge is 0.454 e. The summed E-state index contributed by atoms with van der Waals surface area (Å²) < 4.78 is 23.6. The summed E-state index contributed by atoms with van der Waals surface area (Å²) >= 11 is 0.935. The van der Waals surface area contributed by atoms with Crippen molar-refractivity contribution in [2.75, 3.05) is 25.2 Å². The van der Waals surface area contributed by atoms with Crippen molar-refractivity contribution < 1.29 is 28.2 Å². The van der Waals surface area contributed by atoms with E-state index in [9.17, 15) is 18.8 Å². The summed E-state index contributed by atoms with van der Waals surface area (Å²) in [5.74, 6) is 0.173. The van der Waals surface area contributed by atoms with Gasteiger partial charge in [-0.05, 0) is 48.6 Å². The van der Waals surface area contributed by atoms with Gasteiger partial charge in [-0.25, -0.2) is 4.39 Å². The number of nitrogens with zero attached hydrogens (tertiary/aromatic N) is 3. The highest BCUT2D eigenvalue weighted by Gasteiger charge is 2.28. The SMILES string of the molecule is O=C(CC1CCN(C(=O)c2nnc(C(=O)Nc3ccc4c(c3)OCO4)s2)CC1)NCc1ccc(F)cc1. The van der Waals surface area contributed by atoms with Crippen LogP contribution in [0.5, 0.6) is 11.5 Å². The molecule has 10 nitrogen and oxygen atoms in total. The van der Waals surface area contributed by atoms with Crippen molar-refractivity contribution in [2.24, 2.45) is 5.92 Å². The summed E-state index contributed by atoms with van der Waals surface area (Å²) in [5, 5.41) is 13.6. The molecule has 0 radical (unpaired) electrons. The molecule has 0 spiro atoms. The van der Waals surface area contributed by atoms with Crippen LogP contribution in [0.3, 0.4) is 0 Å². The third-order valence-electron chi connectivity index (χ3n) is 6.21. The average molecular weight is 526 g/mol. The van der Waals surface area contributed by atoms with Crippen LogP contribution in [-0.4, -0.2) is 52.7 Å². The Labute approximate surface area is 215 Å². The zero-order valence-corrected chi connectivity index (χ0v) is 20.6. The minimum absolute atomic E-state index is 0.0728. The van der Waals surface area contributed by atoms with Crippen LogP contribution in [0, 0.1) is 11.7 Å². The second-order valence-corrected chi connectivity index (χ2v) is 9.75. The third kappa shape index (κ3) is 6.02. The molecule has 0 aliphatic carbocycles. The molecule has 3 aromatic rings. The van der Waals surface area contributed by atoms with E-state index in [1.165, 1.54) is 12.1 Å². The van der Waals surface area contributed by atoms with Gasteiger partial charge in [-0.1, -0.05) is 23.5 Å². The van der Waals surface area contributed by atoms with Gasteiger partial charge in [-0.15, -0.1) is 10.2 Å². The minimum atomic E-state index is -0.472. The highest BCUT2D eigenvalue weighted by molar-refractivity contribution is 7.15. The fourth-order valence-corrected chi connectivity index (χ4v) is 4.88. The quantitative estimate of drug-likeness (QED) is 0.486. The highest BCUT2D eigenvalue weighted by atomic mass is 32.1. The number of hydrogen-bond acceptors (Lipinski definition) is 8. The van der Waals surface area contributed by atoms with E-state index in [0.29, 0.717) is 56.1 Å². The zero-order valence-electron chi connectivity index (χ0n) is 19.7. The number of hydrogen-bond donors (Lipinski definition) is 2. The summed E-state index contributed by atoms with van der Waals surface area (Å²) in [6, 6.07) is 11.0. The second kappa shape index (κ2) is 10.9. The van der Waals surface area contributed by atoms with Gasteiger partial charge in [0.25, 0.3) is 11.8 Å². The van der Waals surface area contributed by atoms with Gasteiger partial charge >= 0.3 is 0 Å². The third-order valence-corrected chi connectivity index (χ3v) is 7.12. The Balaban J connectivity index is 1.08. The van der Waals surface area contributed by atoms with Gasteiger partial charge < -0.3 is 25.0 Å². The summed E-state index contributed by atoms with van der Waals surface area (Å²) in [5.41, 5.74) is 1.34. The predicted octanol–water partition coefficient (Wildman–Crippen LogP) is 3.22. The smallest absolute Gasteiger partial charge is 0.286 e. The van der Waals surface area contributed by atoms with Crippen LogP contribution < -0.4 is 20.1 Å². The van der Waals surface area contributed by atoms with Gasteiger partial charge in [-0.3, -0.25) is 14.4 Å². The molecule has 1 fully saturated rings. The molecule has 1 aromatic heterocycles. The van der Waals surface area contributed by atoms with E-state index < -0.39 is 5.91 Å². The van der Waals surface area contributed by atoms with E-state index in [2.05, 4.69) is 20.8 Å². The first kappa shape index (κ1) is 24.6. The van der Waals surface area contributed by atoms with Crippen LogP contribution in [0.2, 0.25) is 0 Å². The lowest BCUT2D eigenvalue weighted by molar-refractivity contribution is -0.122. The molecule has 2 aromatic carbocycles. The van der Waals surface area contributed by atoms with E-state index >= 15 is 0 Å². The Morgan fingerprint density at radius 1 is 1.00 bits per heavy atom. The fraction of sp³-hybridized carbons (Fsp3) is 0.320. The summed E-state index contributed by atoms with van der Waals surface area (Å²) in [6.45, 7) is 1.47. The summed E-state index contributed by atoms with van der Waals surface area (Å²) in [6.07, 6.45) is 1.74. The molecule has 0 saturated carbocycles. The molecule has 2 N–H and O–H groups in total. The topological polar surface area (TPSA) is 123 Å².